The summed E-state index contributed by atoms with van der Waals surface area (Å²) in [7, 11) is 1.83. The number of benzene rings is 1. The van der Waals surface area contributed by atoms with Gasteiger partial charge in [0.1, 0.15) is 5.60 Å². The summed E-state index contributed by atoms with van der Waals surface area (Å²) in [5.41, 5.74) is 1.13. The zero-order valence-electron chi connectivity index (χ0n) is 14.6. The number of ether oxygens (including phenoxy) is 1. The van der Waals surface area contributed by atoms with Crippen molar-refractivity contribution >= 4 is 0 Å². The van der Waals surface area contributed by atoms with Crippen molar-refractivity contribution in [1.82, 2.24) is 5.06 Å². The monoisotopic (exact) mass is 303 g/mol. The third-order valence-corrected chi connectivity index (χ3v) is 5.77. The second kappa shape index (κ2) is 5.33. The molecule has 1 saturated carbocycles. The van der Waals surface area contributed by atoms with E-state index in [1.807, 2.05) is 7.11 Å². The van der Waals surface area contributed by atoms with Gasteiger partial charge in [0.05, 0.1) is 6.54 Å². The lowest BCUT2D eigenvalue weighted by atomic mass is 9.65. The summed E-state index contributed by atoms with van der Waals surface area (Å²) < 4.78 is 5.98. The molecule has 22 heavy (non-hydrogen) atoms. The van der Waals surface area contributed by atoms with Crippen LogP contribution in [0.15, 0.2) is 30.3 Å². The summed E-state index contributed by atoms with van der Waals surface area (Å²) in [5.74, 6) is 0.672. The zero-order valence-corrected chi connectivity index (χ0v) is 14.6. The average Bonchev–Trinajstić information content (AvgIpc) is 3.16. The van der Waals surface area contributed by atoms with Crippen molar-refractivity contribution < 1.29 is 9.57 Å². The van der Waals surface area contributed by atoms with Crippen LogP contribution in [0.2, 0.25) is 0 Å². The molecule has 4 atom stereocenters. The second-order valence-corrected chi connectivity index (χ2v) is 8.14. The van der Waals surface area contributed by atoms with Crippen LogP contribution >= 0.6 is 0 Å². The minimum Gasteiger partial charge on any atom is -0.374 e. The molecular weight excluding hydrogens is 274 g/mol. The van der Waals surface area contributed by atoms with E-state index in [0.29, 0.717) is 11.3 Å². The molecule has 0 N–H and O–H groups in total. The molecule has 0 radical (unpaired) electrons. The topological polar surface area (TPSA) is 24.8 Å². The fourth-order valence-corrected chi connectivity index (χ4v) is 3.95. The van der Waals surface area contributed by atoms with Gasteiger partial charge in [-0.25, -0.2) is 0 Å². The van der Waals surface area contributed by atoms with E-state index in [1.54, 1.807) is 0 Å². The predicted molar refractivity (Wildman–Crippen MR) is 88.0 cm³/mol. The third-order valence-electron chi connectivity index (χ3n) is 5.77. The number of rotatable bonds is 3. The van der Waals surface area contributed by atoms with E-state index < -0.39 is 0 Å². The SMILES string of the molecule is CO[C@@]1(C)C[C@H](C(C)(C)C)CC[C@@]12ON2Cc1ccccc1. The average molecular weight is 303 g/mol. The molecule has 0 amide bonds. The van der Waals surface area contributed by atoms with Crippen molar-refractivity contribution in [1.29, 1.82) is 0 Å². The van der Waals surface area contributed by atoms with E-state index in [0.717, 1.165) is 19.4 Å². The Kier molecular flexibility index (Phi) is 3.87. The van der Waals surface area contributed by atoms with Crippen molar-refractivity contribution in [3.63, 3.8) is 0 Å². The molecule has 1 heterocycles. The lowest BCUT2D eigenvalue weighted by molar-refractivity contribution is -0.113. The highest BCUT2D eigenvalue weighted by molar-refractivity contribution is 5.17. The molecular formula is C19H29NO2. The summed E-state index contributed by atoms with van der Waals surface area (Å²) in [6.07, 6.45) is 3.30. The maximum absolute atomic E-state index is 6.13. The van der Waals surface area contributed by atoms with Gasteiger partial charge in [-0.05, 0) is 43.1 Å². The fourth-order valence-electron chi connectivity index (χ4n) is 3.95. The Morgan fingerprint density at radius 2 is 1.95 bits per heavy atom. The van der Waals surface area contributed by atoms with Crippen molar-refractivity contribution in [3.8, 4) is 0 Å². The molecule has 122 valence electrons. The summed E-state index contributed by atoms with van der Waals surface area (Å²) in [6, 6.07) is 10.5. The largest absolute Gasteiger partial charge is 0.374 e. The molecule has 2 aliphatic rings. The van der Waals surface area contributed by atoms with E-state index in [9.17, 15) is 0 Å². The molecule has 2 fully saturated rings. The smallest absolute Gasteiger partial charge is 0.193 e. The predicted octanol–water partition coefficient (Wildman–Crippen LogP) is 4.38. The number of hydroxylamine groups is 2. The third kappa shape index (κ3) is 2.60. The summed E-state index contributed by atoms with van der Waals surface area (Å²) in [6.45, 7) is 10.1. The minimum absolute atomic E-state index is 0.237. The van der Waals surface area contributed by atoms with Gasteiger partial charge in [-0.1, -0.05) is 51.1 Å². The molecule has 3 nitrogen and oxygen atoms in total. The highest BCUT2D eigenvalue weighted by Crippen LogP contribution is 2.58. The number of hydrogen-bond acceptors (Lipinski definition) is 3. The van der Waals surface area contributed by atoms with Crippen molar-refractivity contribution in [3.05, 3.63) is 35.9 Å². The van der Waals surface area contributed by atoms with Crippen LogP contribution in [0.1, 0.15) is 52.5 Å². The van der Waals surface area contributed by atoms with Crippen LogP contribution in [0.5, 0.6) is 0 Å². The summed E-state index contributed by atoms with van der Waals surface area (Å²) in [4.78, 5) is 6.13. The van der Waals surface area contributed by atoms with E-state index in [1.165, 1.54) is 12.0 Å². The van der Waals surface area contributed by atoms with Gasteiger partial charge in [0, 0.05) is 7.11 Å². The van der Waals surface area contributed by atoms with E-state index in [-0.39, 0.29) is 11.3 Å². The normalized spacial score (nSPS) is 38.2. The van der Waals surface area contributed by atoms with Crippen molar-refractivity contribution in [2.24, 2.45) is 11.3 Å². The van der Waals surface area contributed by atoms with Crippen LogP contribution in [0.4, 0.5) is 0 Å². The van der Waals surface area contributed by atoms with E-state index >= 15 is 0 Å². The van der Waals surface area contributed by atoms with Gasteiger partial charge in [-0.2, -0.15) is 0 Å². The molecule has 1 spiro atoms. The van der Waals surface area contributed by atoms with Crippen molar-refractivity contribution in [2.75, 3.05) is 7.11 Å². The van der Waals surface area contributed by atoms with Crippen LogP contribution in [-0.2, 0) is 16.1 Å². The number of nitrogens with zero attached hydrogens (tertiary/aromatic N) is 1. The first-order chi connectivity index (χ1) is 10.3. The molecule has 3 rings (SSSR count). The quantitative estimate of drug-likeness (QED) is 0.775. The highest BCUT2D eigenvalue weighted by Gasteiger charge is 2.69. The zero-order chi connectivity index (χ0) is 16.0. The Bertz CT molecular complexity index is 524. The van der Waals surface area contributed by atoms with Gasteiger partial charge < -0.3 is 4.74 Å². The molecule has 1 saturated heterocycles. The molecule has 3 heteroatoms. The Hall–Kier alpha value is -0.900. The lowest BCUT2D eigenvalue weighted by Crippen LogP contribution is -2.53. The molecule has 1 aromatic carbocycles. The summed E-state index contributed by atoms with van der Waals surface area (Å²) in [5, 5.41) is 2.13. The van der Waals surface area contributed by atoms with Gasteiger partial charge in [0.25, 0.3) is 0 Å². The molecule has 1 unspecified atom stereocenters. The molecule has 1 aromatic rings. The number of hydrogen-bond donors (Lipinski definition) is 0. The second-order valence-electron chi connectivity index (χ2n) is 8.14. The molecule has 1 aliphatic carbocycles. The van der Waals surface area contributed by atoms with Crippen LogP contribution in [0.25, 0.3) is 0 Å². The number of methoxy groups -OCH3 is 1. The Morgan fingerprint density at radius 3 is 2.55 bits per heavy atom. The van der Waals surface area contributed by atoms with E-state index in [2.05, 4.69) is 63.1 Å². The first-order valence-corrected chi connectivity index (χ1v) is 8.37. The van der Waals surface area contributed by atoms with Crippen molar-refractivity contribution in [2.45, 2.75) is 64.8 Å². The van der Waals surface area contributed by atoms with Gasteiger partial charge in [-0.3, -0.25) is 4.84 Å². The van der Waals surface area contributed by atoms with Gasteiger partial charge in [0.2, 0.25) is 0 Å². The van der Waals surface area contributed by atoms with Gasteiger partial charge in [0.15, 0.2) is 5.72 Å². The van der Waals surface area contributed by atoms with Crippen LogP contribution in [0, 0.1) is 11.3 Å². The molecule has 0 bridgehead atoms. The van der Waals surface area contributed by atoms with Gasteiger partial charge >= 0.3 is 0 Å². The minimum atomic E-state index is -0.238. The standard InChI is InChI=1S/C19H29NO2/c1-17(2,3)16-11-12-19(18(4,13-16)21-5)20(22-19)14-15-9-7-6-8-10-15/h6-10,16H,11-14H2,1-5H3/t16-,18+,19-,20?/m1/s1. The first kappa shape index (κ1) is 16.0. The Balaban J connectivity index is 1.75. The highest BCUT2D eigenvalue weighted by atomic mass is 16.9. The molecule has 0 aromatic heterocycles. The van der Waals surface area contributed by atoms with E-state index in [4.69, 9.17) is 9.57 Å². The maximum atomic E-state index is 6.13. The van der Waals surface area contributed by atoms with Crippen LogP contribution in [-0.4, -0.2) is 23.5 Å². The maximum Gasteiger partial charge on any atom is 0.193 e. The Morgan fingerprint density at radius 1 is 1.27 bits per heavy atom. The fraction of sp³-hybridized carbons (Fsp3) is 0.684. The van der Waals surface area contributed by atoms with Gasteiger partial charge in [-0.15, -0.1) is 5.06 Å². The Labute approximate surface area is 134 Å². The molecule has 1 aliphatic heterocycles. The van der Waals surface area contributed by atoms with Crippen LogP contribution < -0.4 is 0 Å². The first-order valence-electron chi connectivity index (χ1n) is 8.37. The summed E-state index contributed by atoms with van der Waals surface area (Å²) >= 11 is 0. The van der Waals surface area contributed by atoms with Crippen LogP contribution in [0.3, 0.4) is 0 Å². The lowest BCUT2D eigenvalue weighted by Gasteiger charge is -2.45.